The second kappa shape index (κ2) is 5.05. The first-order valence-corrected chi connectivity index (χ1v) is 7.37. The summed E-state index contributed by atoms with van der Waals surface area (Å²) in [7, 11) is 0. The molecule has 4 N–H and O–H groups in total. The van der Waals surface area contributed by atoms with Crippen molar-refractivity contribution in [1.82, 2.24) is 4.98 Å². The van der Waals surface area contributed by atoms with Crippen LogP contribution >= 0.6 is 0 Å². The Morgan fingerprint density at radius 2 is 2.30 bits per heavy atom. The molecule has 2 unspecified atom stereocenters. The molecule has 2 atom stereocenters. The van der Waals surface area contributed by atoms with Crippen molar-refractivity contribution in [2.45, 2.75) is 37.7 Å². The highest BCUT2D eigenvalue weighted by atomic mass is 16.3. The first-order valence-electron chi connectivity index (χ1n) is 7.37. The third-order valence-electron chi connectivity index (χ3n) is 4.81. The molecule has 0 bridgehead atoms. The standard InChI is InChI=1S/C15H22N4O/c16-14(17)13-12(5-3-8-18-13)19-9-7-15(20)6-2-1-4-11(15)10-19/h3,5,8,11,20H,1-2,4,6-7,9-10H2,(H3,16,17). The lowest BCUT2D eigenvalue weighted by Crippen LogP contribution is -2.53. The van der Waals surface area contributed by atoms with Crippen LogP contribution in [0.2, 0.25) is 0 Å². The lowest BCUT2D eigenvalue weighted by molar-refractivity contribution is -0.0612. The first kappa shape index (κ1) is 13.4. The fourth-order valence-electron chi connectivity index (χ4n) is 3.65. The van der Waals surface area contributed by atoms with E-state index in [4.69, 9.17) is 11.1 Å². The molecule has 2 aliphatic rings. The van der Waals surface area contributed by atoms with Gasteiger partial charge in [0.1, 0.15) is 11.5 Å². The third kappa shape index (κ3) is 2.26. The van der Waals surface area contributed by atoms with Gasteiger partial charge in [-0.25, -0.2) is 0 Å². The van der Waals surface area contributed by atoms with Gasteiger partial charge in [-0.1, -0.05) is 12.8 Å². The van der Waals surface area contributed by atoms with Gasteiger partial charge in [0.15, 0.2) is 0 Å². The molecule has 1 aromatic heterocycles. The Morgan fingerprint density at radius 1 is 1.45 bits per heavy atom. The van der Waals surface area contributed by atoms with Gasteiger partial charge < -0.3 is 15.7 Å². The molecule has 2 heterocycles. The number of nitrogens with two attached hydrogens (primary N) is 1. The van der Waals surface area contributed by atoms with Gasteiger partial charge in [-0.3, -0.25) is 10.4 Å². The van der Waals surface area contributed by atoms with Crippen LogP contribution < -0.4 is 10.6 Å². The zero-order valence-electron chi connectivity index (χ0n) is 11.7. The molecular formula is C15H22N4O. The number of nitrogen functional groups attached to an aromatic ring is 1. The average molecular weight is 274 g/mol. The number of piperidine rings is 1. The van der Waals surface area contributed by atoms with Crippen molar-refractivity contribution in [1.29, 1.82) is 5.41 Å². The highest BCUT2D eigenvalue weighted by molar-refractivity contribution is 5.98. The Bertz CT molecular complexity index is 518. The van der Waals surface area contributed by atoms with Gasteiger partial charge in [0, 0.05) is 25.2 Å². The van der Waals surface area contributed by atoms with Crippen LogP contribution in [0.15, 0.2) is 18.3 Å². The summed E-state index contributed by atoms with van der Waals surface area (Å²) in [4.78, 5) is 6.45. The third-order valence-corrected chi connectivity index (χ3v) is 4.81. The van der Waals surface area contributed by atoms with Crippen molar-refractivity contribution in [2.75, 3.05) is 18.0 Å². The van der Waals surface area contributed by atoms with Crippen LogP contribution in [0, 0.1) is 11.3 Å². The number of hydrogen-bond donors (Lipinski definition) is 3. The normalized spacial score (nSPS) is 29.9. The summed E-state index contributed by atoms with van der Waals surface area (Å²) < 4.78 is 0. The fourth-order valence-corrected chi connectivity index (χ4v) is 3.65. The molecule has 1 aliphatic carbocycles. The van der Waals surface area contributed by atoms with Gasteiger partial charge in [0.05, 0.1) is 11.3 Å². The van der Waals surface area contributed by atoms with Crippen LogP contribution in [-0.2, 0) is 0 Å². The topological polar surface area (TPSA) is 86.2 Å². The maximum Gasteiger partial charge on any atom is 0.143 e. The number of nitrogens with zero attached hydrogens (tertiary/aromatic N) is 2. The molecule has 0 spiro atoms. The number of aliphatic hydroxyl groups is 1. The lowest BCUT2D eigenvalue weighted by atomic mass is 9.71. The Kier molecular flexibility index (Phi) is 3.38. The Morgan fingerprint density at radius 3 is 3.10 bits per heavy atom. The molecule has 0 amide bonds. The predicted molar refractivity (Wildman–Crippen MR) is 79.0 cm³/mol. The summed E-state index contributed by atoms with van der Waals surface area (Å²) in [5, 5.41) is 18.4. The number of rotatable bonds is 2. The molecule has 3 rings (SSSR count). The number of aromatic nitrogens is 1. The SMILES string of the molecule is N=C(N)c1ncccc1N1CCC2(O)CCCCC2C1. The van der Waals surface area contributed by atoms with Crippen LogP contribution in [0.5, 0.6) is 0 Å². The van der Waals surface area contributed by atoms with E-state index >= 15 is 0 Å². The zero-order chi connectivity index (χ0) is 14.2. The first-order chi connectivity index (χ1) is 9.60. The largest absolute Gasteiger partial charge is 0.389 e. The Hall–Kier alpha value is -1.62. The van der Waals surface area contributed by atoms with Gasteiger partial charge in [-0.2, -0.15) is 0 Å². The van der Waals surface area contributed by atoms with Crippen molar-refractivity contribution in [2.24, 2.45) is 11.7 Å². The molecule has 1 aliphatic heterocycles. The van der Waals surface area contributed by atoms with Gasteiger partial charge in [0.2, 0.25) is 0 Å². The van der Waals surface area contributed by atoms with Crippen molar-refractivity contribution < 1.29 is 5.11 Å². The number of amidine groups is 1. The molecule has 5 nitrogen and oxygen atoms in total. The number of fused-ring (bicyclic) bond motifs is 1. The summed E-state index contributed by atoms with van der Waals surface area (Å²) in [5.41, 5.74) is 6.62. The maximum atomic E-state index is 10.7. The Balaban J connectivity index is 1.85. The molecule has 2 fully saturated rings. The summed E-state index contributed by atoms with van der Waals surface area (Å²) in [5.74, 6) is 0.329. The smallest absolute Gasteiger partial charge is 0.143 e. The van der Waals surface area contributed by atoms with Gasteiger partial charge in [-0.15, -0.1) is 0 Å². The zero-order valence-corrected chi connectivity index (χ0v) is 11.7. The summed E-state index contributed by atoms with van der Waals surface area (Å²) >= 11 is 0. The summed E-state index contributed by atoms with van der Waals surface area (Å²) in [6.45, 7) is 1.64. The van der Waals surface area contributed by atoms with E-state index < -0.39 is 5.60 Å². The van der Waals surface area contributed by atoms with Crippen molar-refractivity contribution in [3.8, 4) is 0 Å². The summed E-state index contributed by atoms with van der Waals surface area (Å²) in [6, 6.07) is 3.85. The van der Waals surface area contributed by atoms with Crippen molar-refractivity contribution in [3.05, 3.63) is 24.0 Å². The minimum absolute atomic E-state index is 0.00470. The minimum Gasteiger partial charge on any atom is -0.389 e. The molecule has 0 radical (unpaired) electrons. The van der Waals surface area contributed by atoms with E-state index in [0.717, 1.165) is 44.5 Å². The molecule has 108 valence electrons. The number of nitrogens with one attached hydrogen (secondary N) is 1. The second-order valence-electron chi connectivity index (χ2n) is 6.03. The quantitative estimate of drug-likeness (QED) is 0.563. The van der Waals surface area contributed by atoms with Crippen LogP contribution in [0.1, 0.15) is 37.8 Å². The molecule has 20 heavy (non-hydrogen) atoms. The molecule has 1 aromatic rings. The summed E-state index contributed by atoms with van der Waals surface area (Å²) in [6.07, 6.45) is 6.82. The molecule has 1 saturated heterocycles. The molecule has 5 heteroatoms. The molecule has 1 saturated carbocycles. The molecule has 0 aromatic carbocycles. The van der Waals surface area contributed by atoms with Crippen LogP contribution in [0.3, 0.4) is 0 Å². The monoisotopic (exact) mass is 274 g/mol. The van der Waals surface area contributed by atoms with E-state index in [2.05, 4.69) is 9.88 Å². The van der Waals surface area contributed by atoms with E-state index in [1.54, 1.807) is 6.20 Å². The van der Waals surface area contributed by atoms with Crippen LogP contribution in [-0.4, -0.2) is 34.6 Å². The molecular weight excluding hydrogens is 252 g/mol. The number of anilines is 1. The van der Waals surface area contributed by atoms with Crippen LogP contribution in [0.25, 0.3) is 0 Å². The number of hydrogen-bond acceptors (Lipinski definition) is 4. The van der Waals surface area contributed by atoms with Crippen molar-refractivity contribution in [3.63, 3.8) is 0 Å². The predicted octanol–water partition coefficient (Wildman–Crippen LogP) is 1.50. The Labute approximate surface area is 119 Å². The van der Waals surface area contributed by atoms with Gasteiger partial charge in [-0.05, 0) is 31.4 Å². The highest BCUT2D eigenvalue weighted by Gasteiger charge is 2.43. The van der Waals surface area contributed by atoms with Crippen LogP contribution in [0.4, 0.5) is 5.69 Å². The second-order valence-corrected chi connectivity index (χ2v) is 6.03. The van der Waals surface area contributed by atoms with E-state index in [1.165, 1.54) is 6.42 Å². The minimum atomic E-state index is -0.479. The van der Waals surface area contributed by atoms with Gasteiger partial charge in [0.25, 0.3) is 0 Å². The van der Waals surface area contributed by atoms with E-state index in [1.807, 2.05) is 12.1 Å². The number of pyridine rings is 1. The average Bonchev–Trinajstić information content (AvgIpc) is 2.46. The van der Waals surface area contributed by atoms with E-state index in [9.17, 15) is 5.11 Å². The highest BCUT2D eigenvalue weighted by Crippen LogP contribution is 2.41. The van der Waals surface area contributed by atoms with E-state index in [-0.39, 0.29) is 5.84 Å². The van der Waals surface area contributed by atoms with Gasteiger partial charge >= 0.3 is 0 Å². The fraction of sp³-hybridized carbons (Fsp3) is 0.600. The maximum absolute atomic E-state index is 10.7. The van der Waals surface area contributed by atoms with E-state index in [0.29, 0.717) is 11.6 Å². The van der Waals surface area contributed by atoms with Crippen molar-refractivity contribution >= 4 is 11.5 Å². The lowest BCUT2D eigenvalue weighted by Gasteiger charge is -2.48.